The Morgan fingerprint density at radius 1 is 1.67 bits per heavy atom. The maximum atomic E-state index is 11.6. The van der Waals surface area contributed by atoms with Crippen molar-refractivity contribution in [1.82, 2.24) is 9.97 Å². The average Bonchev–Trinajstić information content (AvgIpc) is 2.60. The second-order valence-electron chi connectivity index (χ2n) is 3.25. The summed E-state index contributed by atoms with van der Waals surface area (Å²) in [6.07, 6.45) is 7.14. The Balaban J connectivity index is 2.26. The van der Waals surface area contributed by atoms with Crippen LogP contribution in [0.5, 0.6) is 0 Å². The zero-order valence-electron chi connectivity index (χ0n) is 7.85. The van der Waals surface area contributed by atoms with Gasteiger partial charge in [0.05, 0.1) is 0 Å². The van der Waals surface area contributed by atoms with Crippen LogP contribution in [0.4, 0.5) is 5.95 Å². The van der Waals surface area contributed by atoms with E-state index in [4.69, 9.17) is 18.0 Å². The van der Waals surface area contributed by atoms with E-state index in [2.05, 4.69) is 15.9 Å². The second kappa shape index (κ2) is 3.87. The van der Waals surface area contributed by atoms with Crippen LogP contribution in [0, 0.1) is 18.3 Å². The van der Waals surface area contributed by atoms with E-state index in [9.17, 15) is 4.79 Å². The van der Waals surface area contributed by atoms with Crippen molar-refractivity contribution in [3.63, 3.8) is 0 Å². The van der Waals surface area contributed by atoms with Gasteiger partial charge < -0.3 is 0 Å². The minimum atomic E-state index is -0.0555. The Morgan fingerprint density at radius 3 is 3.07 bits per heavy atom. The van der Waals surface area contributed by atoms with Gasteiger partial charge in [0.15, 0.2) is 0 Å². The SMILES string of the molecule is C#CC1CC(=O)N(c2nccc(Cl)n2)C1. The van der Waals surface area contributed by atoms with Gasteiger partial charge in [-0.1, -0.05) is 11.6 Å². The van der Waals surface area contributed by atoms with Gasteiger partial charge in [0.25, 0.3) is 0 Å². The average molecular weight is 222 g/mol. The molecule has 0 spiro atoms. The molecule has 76 valence electrons. The van der Waals surface area contributed by atoms with Crippen molar-refractivity contribution in [3.05, 3.63) is 17.4 Å². The van der Waals surface area contributed by atoms with Gasteiger partial charge in [0.2, 0.25) is 11.9 Å². The quantitative estimate of drug-likeness (QED) is 0.527. The van der Waals surface area contributed by atoms with Crippen LogP contribution in [0.15, 0.2) is 12.3 Å². The predicted octanol–water partition coefficient (Wildman–Crippen LogP) is 1.12. The molecular formula is C10H8ClN3O. The summed E-state index contributed by atoms with van der Waals surface area (Å²) in [5, 5.41) is 0.317. The van der Waals surface area contributed by atoms with Gasteiger partial charge in [-0.2, -0.15) is 0 Å². The lowest BCUT2D eigenvalue weighted by Gasteiger charge is -2.12. The summed E-state index contributed by atoms with van der Waals surface area (Å²) in [5.74, 6) is 2.77. The van der Waals surface area contributed by atoms with E-state index in [1.165, 1.54) is 11.1 Å². The molecule has 1 aliphatic heterocycles. The molecule has 1 saturated heterocycles. The normalized spacial score (nSPS) is 20.4. The Hall–Kier alpha value is -1.60. The molecule has 4 nitrogen and oxygen atoms in total. The van der Waals surface area contributed by atoms with Gasteiger partial charge in [-0.05, 0) is 6.07 Å². The standard InChI is InChI=1S/C10H8ClN3O/c1-2-7-5-9(15)14(6-7)10-12-4-3-8(11)13-10/h1,3-4,7H,5-6H2. The van der Waals surface area contributed by atoms with Crippen molar-refractivity contribution in [2.75, 3.05) is 11.4 Å². The van der Waals surface area contributed by atoms with E-state index in [0.29, 0.717) is 24.1 Å². The first-order valence-electron chi connectivity index (χ1n) is 4.45. The summed E-state index contributed by atoms with van der Waals surface area (Å²) in [5.41, 5.74) is 0. The minimum absolute atomic E-state index is 0.0554. The van der Waals surface area contributed by atoms with Crippen LogP contribution in [0.2, 0.25) is 5.15 Å². The molecular weight excluding hydrogens is 214 g/mol. The van der Waals surface area contributed by atoms with E-state index in [1.54, 1.807) is 6.07 Å². The topological polar surface area (TPSA) is 46.1 Å². The molecule has 0 saturated carbocycles. The van der Waals surface area contributed by atoms with E-state index >= 15 is 0 Å². The molecule has 1 aliphatic rings. The maximum Gasteiger partial charge on any atom is 0.233 e. The Labute approximate surface area is 92.3 Å². The summed E-state index contributed by atoms with van der Waals surface area (Å²) in [4.78, 5) is 21.0. The Morgan fingerprint density at radius 2 is 2.47 bits per heavy atom. The van der Waals surface area contributed by atoms with E-state index in [1.807, 2.05) is 0 Å². The van der Waals surface area contributed by atoms with Crippen LogP contribution in [0.3, 0.4) is 0 Å². The molecule has 2 heterocycles. The lowest BCUT2D eigenvalue weighted by molar-refractivity contribution is -0.117. The number of aromatic nitrogens is 2. The van der Waals surface area contributed by atoms with Crippen LogP contribution < -0.4 is 4.90 Å². The van der Waals surface area contributed by atoms with Crippen LogP contribution in [0.25, 0.3) is 0 Å². The van der Waals surface area contributed by atoms with Gasteiger partial charge in [-0.15, -0.1) is 12.3 Å². The maximum absolute atomic E-state index is 11.6. The second-order valence-corrected chi connectivity index (χ2v) is 3.64. The third-order valence-corrected chi connectivity index (χ3v) is 2.42. The van der Waals surface area contributed by atoms with Gasteiger partial charge in [-0.25, -0.2) is 9.97 Å². The first-order valence-corrected chi connectivity index (χ1v) is 4.83. The highest BCUT2D eigenvalue weighted by molar-refractivity contribution is 6.29. The van der Waals surface area contributed by atoms with Gasteiger partial charge >= 0.3 is 0 Å². The molecule has 2 rings (SSSR count). The van der Waals surface area contributed by atoms with Crippen LogP contribution in [-0.4, -0.2) is 22.4 Å². The molecule has 1 aromatic heterocycles. The number of terminal acetylenes is 1. The Kier molecular flexibility index (Phi) is 2.57. The fraction of sp³-hybridized carbons (Fsp3) is 0.300. The highest BCUT2D eigenvalue weighted by Crippen LogP contribution is 2.21. The minimum Gasteiger partial charge on any atom is -0.279 e. The predicted molar refractivity (Wildman–Crippen MR) is 56.3 cm³/mol. The van der Waals surface area contributed by atoms with Crippen LogP contribution in [0.1, 0.15) is 6.42 Å². The number of nitrogens with zero attached hydrogens (tertiary/aromatic N) is 3. The van der Waals surface area contributed by atoms with Crippen molar-refractivity contribution >= 4 is 23.5 Å². The molecule has 15 heavy (non-hydrogen) atoms. The first-order chi connectivity index (χ1) is 7.20. The molecule has 0 N–H and O–H groups in total. The molecule has 1 fully saturated rings. The number of anilines is 1. The summed E-state index contributed by atoms with van der Waals surface area (Å²) < 4.78 is 0. The molecule has 0 radical (unpaired) electrons. The molecule has 0 aromatic carbocycles. The van der Waals surface area contributed by atoms with Crippen molar-refractivity contribution < 1.29 is 4.79 Å². The molecule has 5 heteroatoms. The van der Waals surface area contributed by atoms with Gasteiger partial charge in [0, 0.05) is 25.1 Å². The number of amides is 1. The third-order valence-electron chi connectivity index (χ3n) is 2.21. The van der Waals surface area contributed by atoms with Crippen molar-refractivity contribution in [2.24, 2.45) is 5.92 Å². The highest BCUT2D eigenvalue weighted by Gasteiger charge is 2.30. The number of hydrogen-bond acceptors (Lipinski definition) is 3. The lowest BCUT2D eigenvalue weighted by atomic mass is 10.1. The van der Waals surface area contributed by atoms with E-state index in [0.717, 1.165) is 0 Å². The monoisotopic (exact) mass is 221 g/mol. The van der Waals surface area contributed by atoms with Crippen molar-refractivity contribution in [2.45, 2.75) is 6.42 Å². The van der Waals surface area contributed by atoms with Crippen LogP contribution in [-0.2, 0) is 4.79 Å². The number of hydrogen-bond donors (Lipinski definition) is 0. The van der Waals surface area contributed by atoms with Crippen molar-refractivity contribution in [3.8, 4) is 12.3 Å². The fourth-order valence-electron chi connectivity index (χ4n) is 1.47. The van der Waals surface area contributed by atoms with Crippen LogP contribution >= 0.6 is 11.6 Å². The molecule has 1 atom stereocenters. The smallest absolute Gasteiger partial charge is 0.233 e. The molecule has 1 amide bonds. The summed E-state index contributed by atoms with van der Waals surface area (Å²) in [6, 6.07) is 1.56. The number of halogens is 1. The van der Waals surface area contributed by atoms with Crippen molar-refractivity contribution in [1.29, 1.82) is 0 Å². The van der Waals surface area contributed by atoms with Gasteiger partial charge in [-0.3, -0.25) is 9.69 Å². The Bertz CT molecular complexity index is 441. The third kappa shape index (κ3) is 1.92. The largest absolute Gasteiger partial charge is 0.279 e. The summed E-state index contributed by atoms with van der Waals surface area (Å²) in [7, 11) is 0. The number of carbonyl (C=O) groups is 1. The lowest BCUT2D eigenvalue weighted by Crippen LogP contribution is -2.26. The zero-order chi connectivity index (χ0) is 10.8. The fourth-order valence-corrected chi connectivity index (χ4v) is 1.60. The number of carbonyl (C=O) groups excluding carboxylic acids is 1. The molecule has 1 unspecified atom stereocenters. The highest BCUT2D eigenvalue weighted by atomic mass is 35.5. The van der Waals surface area contributed by atoms with Gasteiger partial charge in [0.1, 0.15) is 5.15 Å². The number of rotatable bonds is 1. The molecule has 0 aliphatic carbocycles. The summed E-state index contributed by atoms with van der Waals surface area (Å²) >= 11 is 5.71. The first kappa shape index (κ1) is 9.94. The molecule has 0 bridgehead atoms. The van der Waals surface area contributed by atoms with E-state index < -0.39 is 0 Å². The summed E-state index contributed by atoms with van der Waals surface area (Å²) in [6.45, 7) is 0.468. The van der Waals surface area contributed by atoms with E-state index in [-0.39, 0.29) is 11.8 Å². The zero-order valence-corrected chi connectivity index (χ0v) is 8.61. The molecule has 1 aromatic rings.